The number of aromatic nitrogens is 1. The molecule has 0 spiro atoms. The molecule has 1 fully saturated rings. The van der Waals surface area contributed by atoms with Crippen molar-refractivity contribution in [2.75, 3.05) is 25.1 Å². The smallest absolute Gasteiger partial charge is 0.327 e. The number of urea groups is 1. The fraction of sp³-hybridized carbons (Fsp3) is 0.361. The van der Waals surface area contributed by atoms with E-state index in [1.807, 2.05) is 70.2 Å². The van der Waals surface area contributed by atoms with Crippen molar-refractivity contribution in [3.8, 4) is 23.3 Å². The molecule has 3 atom stereocenters. The second kappa shape index (κ2) is 13.2. The minimum absolute atomic E-state index is 0.109. The average molecular weight is 667 g/mol. The lowest BCUT2D eigenvalue weighted by Crippen LogP contribution is -2.54. The number of amides is 4. The maximum atomic E-state index is 13.8. The number of likely N-dealkylation sites (tertiary alicyclic amines) is 1. The van der Waals surface area contributed by atoms with Gasteiger partial charge in [0.25, 0.3) is 5.91 Å². The Balaban J connectivity index is 1.18. The quantitative estimate of drug-likeness (QED) is 0.226. The third-order valence-corrected chi connectivity index (χ3v) is 9.74. The van der Waals surface area contributed by atoms with Crippen LogP contribution in [-0.2, 0) is 9.59 Å². The highest BCUT2D eigenvalue weighted by molar-refractivity contribution is 8.01. The van der Waals surface area contributed by atoms with Gasteiger partial charge in [0.2, 0.25) is 5.91 Å². The predicted octanol–water partition coefficient (Wildman–Crippen LogP) is 6.17. The minimum Gasteiger partial charge on any atom is -0.493 e. The van der Waals surface area contributed by atoms with Gasteiger partial charge in [0, 0.05) is 30.9 Å². The van der Waals surface area contributed by atoms with Crippen LogP contribution in [0, 0.1) is 23.7 Å². The minimum atomic E-state index is -0.640. The second-order valence-corrected chi connectivity index (χ2v) is 14.3. The Morgan fingerprint density at radius 2 is 1.92 bits per heavy atom. The van der Waals surface area contributed by atoms with E-state index in [-0.39, 0.29) is 34.9 Å². The number of carbonyl (C=O) groups is 3. The molecule has 0 bridgehead atoms. The first kappa shape index (κ1) is 32.9. The Morgan fingerprint density at radius 1 is 1.15 bits per heavy atom. The number of aryl methyl sites for hydroxylation is 1. The van der Waals surface area contributed by atoms with Crippen molar-refractivity contribution in [2.24, 2.45) is 5.41 Å². The van der Waals surface area contributed by atoms with Crippen LogP contribution in [0.5, 0.6) is 17.2 Å². The first-order valence-electron chi connectivity index (χ1n) is 15.9. The Hall–Kier alpha value is -5.02. The van der Waals surface area contributed by atoms with Crippen molar-refractivity contribution in [1.82, 2.24) is 20.5 Å². The lowest BCUT2D eigenvalue weighted by Gasteiger charge is -2.36. The van der Waals surface area contributed by atoms with Crippen molar-refractivity contribution in [3.05, 3.63) is 77.5 Å². The SMILES string of the molecule is COc1ccccc1Oc1ccc(N2C(=O)NC3c4c2ccnc4SC3C(=O)NC2CCCN(C(=O)/C(C#N)=C/C(C)(C)C)C2)c(C)c1. The van der Waals surface area contributed by atoms with Gasteiger partial charge in [-0.3, -0.25) is 14.5 Å². The van der Waals surface area contributed by atoms with Gasteiger partial charge < -0.3 is 25.0 Å². The molecule has 1 saturated heterocycles. The molecule has 1 aromatic heterocycles. The van der Waals surface area contributed by atoms with Crippen molar-refractivity contribution < 1.29 is 23.9 Å². The standard InChI is InChI=1S/C36H38N6O5S/c1-21-17-24(47-28-11-7-6-10-27(28)46-5)12-13-25(21)42-26-14-15-38-33-29(26)30(40-35(42)45)31(48-33)32(43)39-23-9-8-16-41(20-23)34(44)22(19-37)18-36(2,3)4/h6-7,10-15,17-18,23,30-31H,8-9,16,20H2,1-5H3,(H,39,43)(H,40,45)/b22-18+. The van der Waals surface area contributed by atoms with Crippen molar-refractivity contribution in [3.63, 3.8) is 0 Å². The Labute approximate surface area is 284 Å². The monoisotopic (exact) mass is 666 g/mol. The molecule has 3 unspecified atom stereocenters. The molecule has 3 aliphatic rings. The maximum absolute atomic E-state index is 13.8. The summed E-state index contributed by atoms with van der Waals surface area (Å²) in [4.78, 5) is 48.5. The molecule has 6 rings (SSSR count). The summed E-state index contributed by atoms with van der Waals surface area (Å²) in [6.45, 7) is 8.55. The van der Waals surface area contributed by atoms with Crippen LogP contribution in [0.1, 0.15) is 50.8 Å². The van der Waals surface area contributed by atoms with Gasteiger partial charge in [-0.05, 0) is 67.1 Å². The zero-order chi connectivity index (χ0) is 34.2. The zero-order valence-corrected chi connectivity index (χ0v) is 28.4. The van der Waals surface area contributed by atoms with E-state index in [4.69, 9.17) is 9.47 Å². The van der Waals surface area contributed by atoms with Gasteiger partial charge in [-0.1, -0.05) is 50.7 Å². The van der Waals surface area contributed by atoms with Crippen molar-refractivity contribution in [1.29, 1.82) is 5.26 Å². The van der Waals surface area contributed by atoms with E-state index >= 15 is 0 Å². The first-order valence-corrected chi connectivity index (χ1v) is 16.8. The summed E-state index contributed by atoms with van der Waals surface area (Å²) in [6, 6.07) is 15.5. The van der Waals surface area contributed by atoms with Gasteiger partial charge in [0.1, 0.15) is 27.7 Å². The van der Waals surface area contributed by atoms with Gasteiger partial charge in [-0.2, -0.15) is 5.26 Å². The van der Waals surface area contributed by atoms with E-state index < -0.39 is 11.3 Å². The summed E-state index contributed by atoms with van der Waals surface area (Å²) in [5.41, 5.74) is 2.74. The number of allylic oxidation sites excluding steroid dienone is 1. The summed E-state index contributed by atoms with van der Waals surface area (Å²) in [5.74, 6) is 1.23. The van der Waals surface area contributed by atoms with Crippen LogP contribution in [0.15, 0.2) is 71.4 Å². The summed E-state index contributed by atoms with van der Waals surface area (Å²) >= 11 is 1.32. The number of pyridine rings is 1. The van der Waals surface area contributed by atoms with Crippen LogP contribution in [0.3, 0.4) is 0 Å². The van der Waals surface area contributed by atoms with E-state index in [0.29, 0.717) is 59.6 Å². The normalized spacial score (nSPS) is 20.4. The molecule has 11 nitrogen and oxygen atoms in total. The third-order valence-electron chi connectivity index (χ3n) is 8.45. The number of rotatable bonds is 7. The molecular weight excluding hydrogens is 628 g/mol. The fourth-order valence-electron chi connectivity index (χ4n) is 6.34. The number of nitrogens with one attached hydrogen (secondary N) is 2. The highest BCUT2D eigenvalue weighted by Gasteiger charge is 2.47. The molecule has 3 aromatic rings. The molecule has 48 heavy (non-hydrogen) atoms. The van der Waals surface area contributed by atoms with E-state index in [1.54, 1.807) is 41.3 Å². The number of benzene rings is 2. The average Bonchev–Trinajstić information content (AvgIpc) is 3.43. The second-order valence-electron chi connectivity index (χ2n) is 13.2. The number of para-hydroxylation sites is 2. The van der Waals surface area contributed by atoms with E-state index in [0.717, 1.165) is 11.1 Å². The number of hydrogen-bond donors (Lipinski definition) is 2. The van der Waals surface area contributed by atoms with Crippen molar-refractivity contribution in [2.45, 2.75) is 62.9 Å². The van der Waals surface area contributed by atoms with E-state index in [1.165, 1.54) is 11.8 Å². The molecule has 4 heterocycles. The summed E-state index contributed by atoms with van der Waals surface area (Å²) in [7, 11) is 1.59. The lowest BCUT2D eigenvalue weighted by atomic mass is 9.93. The van der Waals surface area contributed by atoms with Crippen LogP contribution in [0.2, 0.25) is 0 Å². The number of thioether (sulfide) groups is 1. The van der Waals surface area contributed by atoms with Gasteiger partial charge in [0.15, 0.2) is 11.5 Å². The van der Waals surface area contributed by atoms with Crippen LogP contribution >= 0.6 is 11.8 Å². The van der Waals surface area contributed by atoms with E-state index in [2.05, 4.69) is 15.6 Å². The summed E-state index contributed by atoms with van der Waals surface area (Å²) in [5, 5.41) is 15.9. The summed E-state index contributed by atoms with van der Waals surface area (Å²) in [6.07, 6.45) is 4.75. The molecule has 2 N–H and O–H groups in total. The van der Waals surface area contributed by atoms with Gasteiger partial charge in [-0.15, -0.1) is 0 Å². The number of ether oxygens (including phenoxy) is 2. The number of anilines is 2. The first-order chi connectivity index (χ1) is 23.0. The third kappa shape index (κ3) is 6.55. The van der Waals surface area contributed by atoms with Gasteiger partial charge in [0.05, 0.1) is 24.5 Å². The number of hydrogen-bond acceptors (Lipinski definition) is 8. The highest BCUT2D eigenvalue weighted by atomic mass is 32.2. The lowest BCUT2D eigenvalue weighted by molar-refractivity contribution is -0.129. The Morgan fingerprint density at radius 3 is 2.62 bits per heavy atom. The molecular formula is C36H38N6O5S. The van der Waals surface area contributed by atoms with Crippen LogP contribution in [0.25, 0.3) is 0 Å². The number of carbonyl (C=O) groups excluding carboxylic acids is 3. The predicted molar refractivity (Wildman–Crippen MR) is 182 cm³/mol. The van der Waals surface area contributed by atoms with Crippen LogP contribution < -0.4 is 25.0 Å². The molecule has 3 aliphatic heterocycles. The zero-order valence-electron chi connectivity index (χ0n) is 27.6. The number of piperidine rings is 1. The topological polar surface area (TPSA) is 137 Å². The van der Waals surface area contributed by atoms with Crippen LogP contribution in [0.4, 0.5) is 16.2 Å². The molecule has 0 radical (unpaired) electrons. The fourth-order valence-corrected chi connectivity index (χ4v) is 7.58. The molecule has 0 aliphatic carbocycles. The van der Waals surface area contributed by atoms with Crippen LogP contribution in [-0.4, -0.2) is 59.2 Å². The Bertz CT molecular complexity index is 1850. The maximum Gasteiger partial charge on any atom is 0.327 e. The van der Waals surface area contributed by atoms with Gasteiger partial charge >= 0.3 is 6.03 Å². The highest BCUT2D eigenvalue weighted by Crippen LogP contribution is 2.51. The molecule has 0 saturated carbocycles. The molecule has 2 aromatic carbocycles. The largest absolute Gasteiger partial charge is 0.493 e. The molecule has 248 valence electrons. The number of methoxy groups -OCH3 is 1. The van der Waals surface area contributed by atoms with Crippen molar-refractivity contribution >= 4 is 41.0 Å². The van der Waals surface area contributed by atoms with Gasteiger partial charge in [-0.25, -0.2) is 9.78 Å². The molecule has 4 amide bonds. The number of nitriles is 1. The Kier molecular flexibility index (Phi) is 9.07. The van der Waals surface area contributed by atoms with E-state index in [9.17, 15) is 19.6 Å². The number of nitrogens with zero attached hydrogens (tertiary/aromatic N) is 4. The molecule has 12 heteroatoms. The summed E-state index contributed by atoms with van der Waals surface area (Å²) < 4.78 is 11.5.